The first kappa shape index (κ1) is 20.6. The lowest BCUT2D eigenvalue weighted by atomic mass is 10.3. The van der Waals surface area contributed by atoms with Gasteiger partial charge in [0.05, 0.1) is 29.5 Å². The average Bonchev–Trinajstić information content (AvgIpc) is 3.53. The monoisotopic (exact) mass is 456 g/mol. The number of para-hydroxylation sites is 2. The summed E-state index contributed by atoms with van der Waals surface area (Å²) < 4.78 is 7.51. The second kappa shape index (κ2) is 9.46. The molecule has 30 heavy (non-hydrogen) atoms. The summed E-state index contributed by atoms with van der Waals surface area (Å²) in [7, 11) is 1.64. The summed E-state index contributed by atoms with van der Waals surface area (Å²) in [6, 6.07) is 15.7. The third kappa shape index (κ3) is 4.43. The number of ether oxygens (including phenoxy) is 1. The van der Waals surface area contributed by atoms with E-state index < -0.39 is 0 Å². The molecule has 154 valence electrons. The highest BCUT2D eigenvalue weighted by atomic mass is 32.2. The van der Waals surface area contributed by atoms with E-state index in [1.165, 1.54) is 11.8 Å². The number of hydrogen-bond donors (Lipinski definition) is 1. The third-order valence-corrected chi connectivity index (χ3v) is 7.23. The van der Waals surface area contributed by atoms with E-state index in [-0.39, 0.29) is 17.7 Å². The predicted molar refractivity (Wildman–Crippen MR) is 123 cm³/mol. The summed E-state index contributed by atoms with van der Waals surface area (Å²) >= 11 is 4.58. The van der Waals surface area contributed by atoms with E-state index in [0.29, 0.717) is 10.9 Å². The van der Waals surface area contributed by atoms with Gasteiger partial charge in [-0.1, -0.05) is 36.0 Å². The van der Waals surface area contributed by atoms with Crippen molar-refractivity contribution in [3.8, 4) is 22.1 Å². The minimum atomic E-state index is -0.0480. The number of aromatic nitrogens is 3. The van der Waals surface area contributed by atoms with Crippen molar-refractivity contribution in [1.82, 2.24) is 20.1 Å². The first-order valence-corrected chi connectivity index (χ1v) is 12.0. The Morgan fingerprint density at radius 3 is 2.67 bits per heavy atom. The standard InChI is InChI=1S/C21H20N4O2S3/c1-14(17-9-5-11-28-17)22-19(26)13-30-21-24-23-20(18-10-6-12-29-18)25(21)15-7-3-4-8-16(15)27-2/h3-12,14H,13H2,1-2H3,(H,22,26)/t14-/m0/s1. The Morgan fingerprint density at radius 2 is 1.93 bits per heavy atom. The highest BCUT2D eigenvalue weighted by Crippen LogP contribution is 2.34. The zero-order valence-electron chi connectivity index (χ0n) is 16.4. The molecular weight excluding hydrogens is 436 g/mol. The van der Waals surface area contributed by atoms with E-state index in [0.717, 1.165) is 21.3 Å². The van der Waals surface area contributed by atoms with Gasteiger partial charge in [-0.15, -0.1) is 32.9 Å². The van der Waals surface area contributed by atoms with E-state index in [9.17, 15) is 4.79 Å². The fourth-order valence-corrected chi connectivity index (χ4v) is 5.17. The van der Waals surface area contributed by atoms with Crippen LogP contribution in [-0.2, 0) is 4.79 Å². The van der Waals surface area contributed by atoms with Gasteiger partial charge < -0.3 is 10.1 Å². The number of thioether (sulfide) groups is 1. The summed E-state index contributed by atoms with van der Waals surface area (Å²) in [5.74, 6) is 1.64. The van der Waals surface area contributed by atoms with Gasteiger partial charge >= 0.3 is 0 Å². The summed E-state index contributed by atoms with van der Waals surface area (Å²) in [6.45, 7) is 1.99. The second-order valence-electron chi connectivity index (χ2n) is 6.38. The fraction of sp³-hybridized carbons (Fsp3) is 0.190. The second-order valence-corrected chi connectivity index (χ2v) is 9.25. The molecule has 1 aromatic carbocycles. The molecule has 3 heterocycles. The molecule has 6 nitrogen and oxygen atoms in total. The fourth-order valence-electron chi connectivity index (χ4n) is 2.98. The van der Waals surface area contributed by atoms with Gasteiger partial charge in [-0.2, -0.15) is 0 Å². The molecule has 3 aromatic heterocycles. The highest BCUT2D eigenvalue weighted by molar-refractivity contribution is 7.99. The van der Waals surface area contributed by atoms with Crippen molar-refractivity contribution >= 4 is 40.3 Å². The van der Waals surface area contributed by atoms with Gasteiger partial charge in [0, 0.05) is 4.88 Å². The predicted octanol–water partition coefficient (Wildman–Crippen LogP) is 5.04. The lowest BCUT2D eigenvalue weighted by Crippen LogP contribution is -2.27. The number of rotatable bonds is 8. The van der Waals surface area contributed by atoms with E-state index in [1.807, 2.05) is 70.8 Å². The Balaban J connectivity index is 1.58. The van der Waals surface area contributed by atoms with E-state index in [4.69, 9.17) is 4.74 Å². The number of amides is 1. The van der Waals surface area contributed by atoms with Crippen molar-refractivity contribution in [3.05, 3.63) is 64.2 Å². The molecule has 1 atom stereocenters. The first-order chi connectivity index (χ1) is 14.7. The molecule has 0 saturated carbocycles. The number of carbonyl (C=O) groups is 1. The number of thiophene rings is 2. The van der Waals surface area contributed by atoms with Crippen LogP contribution in [0.4, 0.5) is 0 Å². The molecule has 0 radical (unpaired) electrons. The smallest absolute Gasteiger partial charge is 0.230 e. The Hall–Kier alpha value is -2.62. The molecule has 0 fully saturated rings. The highest BCUT2D eigenvalue weighted by Gasteiger charge is 2.20. The maximum Gasteiger partial charge on any atom is 0.230 e. The van der Waals surface area contributed by atoms with Crippen LogP contribution >= 0.6 is 34.4 Å². The first-order valence-electron chi connectivity index (χ1n) is 9.25. The van der Waals surface area contributed by atoms with E-state index >= 15 is 0 Å². The third-order valence-electron chi connectivity index (χ3n) is 4.38. The largest absolute Gasteiger partial charge is 0.495 e. The molecule has 4 rings (SSSR count). The summed E-state index contributed by atoms with van der Waals surface area (Å²) in [5.41, 5.74) is 0.836. The summed E-state index contributed by atoms with van der Waals surface area (Å²) in [6.07, 6.45) is 0. The number of methoxy groups -OCH3 is 1. The molecule has 0 bridgehead atoms. The topological polar surface area (TPSA) is 69.0 Å². The van der Waals surface area contributed by atoms with Crippen LogP contribution in [0.2, 0.25) is 0 Å². The van der Waals surface area contributed by atoms with Crippen LogP contribution in [0.1, 0.15) is 17.8 Å². The number of nitrogens with one attached hydrogen (secondary N) is 1. The zero-order valence-corrected chi connectivity index (χ0v) is 18.9. The normalized spacial score (nSPS) is 11.9. The molecule has 0 aliphatic carbocycles. The molecule has 4 aromatic rings. The molecule has 1 amide bonds. The zero-order chi connectivity index (χ0) is 20.9. The van der Waals surface area contributed by atoms with Crippen LogP contribution in [0.25, 0.3) is 16.4 Å². The van der Waals surface area contributed by atoms with Gasteiger partial charge in [-0.25, -0.2) is 0 Å². The van der Waals surface area contributed by atoms with Gasteiger partial charge in [-0.05, 0) is 41.9 Å². The quantitative estimate of drug-likeness (QED) is 0.376. The molecule has 0 aliphatic rings. The molecule has 0 aliphatic heterocycles. The van der Waals surface area contributed by atoms with Crippen LogP contribution in [0.15, 0.2) is 64.4 Å². The van der Waals surface area contributed by atoms with Gasteiger partial charge in [0.25, 0.3) is 0 Å². The van der Waals surface area contributed by atoms with Crippen molar-refractivity contribution in [1.29, 1.82) is 0 Å². The van der Waals surface area contributed by atoms with E-state index in [2.05, 4.69) is 15.5 Å². The lowest BCUT2D eigenvalue weighted by Gasteiger charge is -2.14. The van der Waals surface area contributed by atoms with Crippen LogP contribution < -0.4 is 10.1 Å². The number of hydrogen-bond acceptors (Lipinski definition) is 7. The van der Waals surface area contributed by atoms with Crippen molar-refractivity contribution in [2.75, 3.05) is 12.9 Å². The Morgan fingerprint density at radius 1 is 1.13 bits per heavy atom. The SMILES string of the molecule is COc1ccccc1-n1c(SCC(=O)N[C@@H](C)c2cccs2)nnc1-c1cccs1. The van der Waals surface area contributed by atoms with Crippen LogP contribution in [0, 0.1) is 0 Å². The minimum Gasteiger partial charge on any atom is -0.495 e. The molecule has 0 unspecified atom stereocenters. The number of nitrogens with zero attached hydrogens (tertiary/aromatic N) is 3. The van der Waals surface area contributed by atoms with Crippen molar-refractivity contribution in [3.63, 3.8) is 0 Å². The van der Waals surface area contributed by atoms with Crippen LogP contribution in [0.5, 0.6) is 5.75 Å². The summed E-state index contributed by atoms with van der Waals surface area (Å²) in [4.78, 5) is 14.6. The Bertz CT molecular complexity index is 1110. The van der Waals surface area contributed by atoms with Crippen molar-refractivity contribution in [2.24, 2.45) is 0 Å². The van der Waals surface area contributed by atoms with Crippen LogP contribution in [-0.4, -0.2) is 33.5 Å². The Labute approximate surface area is 186 Å². The van der Waals surface area contributed by atoms with Gasteiger partial charge in [-0.3, -0.25) is 9.36 Å². The molecule has 0 saturated heterocycles. The maximum absolute atomic E-state index is 12.5. The lowest BCUT2D eigenvalue weighted by molar-refractivity contribution is -0.119. The van der Waals surface area contributed by atoms with Crippen molar-refractivity contribution in [2.45, 2.75) is 18.1 Å². The van der Waals surface area contributed by atoms with Crippen LogP contribution in [0.3, 0.4) is 0 Å². The van der Waals surface area contributed by atoms with E-state index in [1.54, 1.807) is 29.8 Å². The molecular formula is C21H20N4O2S3. The Kier molecular flexibility index (Phi) is 6.51. The average molecular weight is 457 g/mol. The number of benzene rings is 1. The van der Waals surface area contributed by atoms with Crippen molar-refractivity contribution < 1.29 is 9.53 Å². The van der Waals surface area contributed by atoms with Gasteiger partial charge in [0.2, 0.25) is 5.91 Å². The molecule has 9 heteroatoms. The molecule has 0 spiro atoms. The molecule has 1 N–H and O–H groups in total. The number of carbonyl (C=O) groups excluding carboxylic acids is 1. The van der Waals surface area contributed by atoms with Gasteiger partial charge in [0.1, 0.15) is 5.75 Å². The maximum atomic E-state index is 12.5. The minimum absolute atomic E-state index is 0.0214. The summed E-state index contributed by atoms with van der Waals surface area (Å²) in [5, 5.41) is 16.5. The van der Waals surface area contributed by atoms with Gasteiger partial charge in [0.15, 0.2) is 11.0 Å².